The summed E-state index contributed by atoms with van der Waals surface area (Å²) in [6.45, 7) is 1.74. The highest BCUT2D eigenvalue weighted by molar-refractivity contribution is 5.89. The van der Waals surface area contributed by atoms with E-state index in [2.05, 4.69) is 10.00 Å². The van der Waals surface area contributed by atoms with Crippen molar-refractivity contribution in [2.24, 2.45) is 0 Å². The third-order valence-electron chi connectivity index (χ3n) is 3.65. The molecule has 1 fully saturated rings. The maximum absolute atomic E-state index is 11.6. The molecular weight excluding hydrogens is 270 g/mol. The second-order valence-electron chi connectivity index (χ2n) is 5.23. The second kappa shape index (κ2) is 5.57. The Morgan fingerprint density at radius 2 is 2.14 bits per heavy atom. The Labute approximate surface area is 122 Å². The van der Waals surface area contributed by atoms with E-state index in [4.69, 9.17) is 4.74 Å². The number of aromatic nitrogens is 2. The van der Waals surface area contributed by atoms with E-state index in [9.17, 15) is 9.90 Å². The monoisotopic (exact) mass is 287 g/mol. The Hall–Kier alpha value is -2.34. The number of carboxylic acids is 1. The van der Waals surface area contributed by atoms with E-state index >= 15 is 0 Å². The van der Waals surface area contributed by atoms with Gasteiger partial charge in [0.25, 0.3) is 0 Å². The van der Waals surface area contributed by atoms with Gasteiger partial charge in [-0.05, 0) is 32.1 Å². The van der Waals surface area contributed by atoms with E-state index in [0.29, 0.717) is 5.75 Å². The first-order valence-electron chi connectivity index (χ1n) is 6.87. The largest absolute Gasteiger partial charge is 0.476 e. The van der Waals surface area contributed by atoms with Crippen LogP contribution in [-0.4, -0.2) is 45.9 Å². The third kappa shape index (κ3) is 2.75. The number of ether oxygens (including phenoxy) is 1. The van der Waals surface area contributed by atoms with Crippen molar-refractivity contribution in [2.75, 3.05) is 20.1 Å². The number of aromatic carboxylic acids is 1. The lowest BCUT2D eigenvalue weighted by molar-refractivity contribution is 0.0677. The number of nitrogens with zero attached hydrogens (tertiary/aromatic N) is 3. The van der Waals surface area contributed by atoms with Crippen LogP contribution in [0.4, 0.5) is 0 Å². The van der Waals surface area contributed by atoms with Crippen LogP contribution in [0.3, 0.4) is 0 Å². The lowest BCUT2D eigenvalue weighted by atomic mass is 10.2. The summed E-state index contributed by atoms with van der Waals surface area (Å²) in [4.78, 5) is 13.7. The average Bonchev–Trinajstić information content (AvgIpc) is 3.06. The molecule has 1 aliphatic heterocycles. The molecule has 1 N–H and O–H groups in total. The topological polar surface area (TPSA) is 67.6 Å². The average molecular weight is 287 g/mol. The van der Waals surface area contributed by atoms with Gasteiger partial charge in [0.05, 0.1) is 12.2 Å². The number of likely N-dealkylation sites (N-methyl/N-ethyl adjacent to an activating group) is 1. The zero-order valence-electron chi connectivity index (χ0n) is 11.8. The Morgan fingerprint density at radius 3 is 2.76 bits per heavy atom. The van der Waals surface area contributed by atoms with Crippen LogP contribution < -0.4 is 4.74 Å². The lowest BCUT2D eigenvalue weighted by Gasteiger charge is -2.13. The van der Waals surface area contributed by atoms with Crippen LogP contribution in [0.1, 0.15) is 23.0 Å². The smallest absolute Gasteiger partial charge is 0.358 e. The summed E-state index contributed by atoms with van der Waals surface area (Å²) in [5, 5.41) is 13.7. The molecule has 1 atom stereocenters. The van der Waals surface area contributed by atoms with Crippen molar-refractivity contribution in [2.45, 2.75) is 12.5 Å². The van der Waals surface area contributed by atoms with Crippen molar-refractivity contribution in [3.8, 4) is 11.5 Å². The summed E-state index contributed by atoms with van der Waals surface area (Å²) >= 11 is 0. The molecule has 0 bridgehead atoms. The van der Waals surface area contributed by atoms with E-state index in [1.165, 1.54) is 6.20 Å². The minimum Gasteiger partial charge on any atom is -0.476 e. The number of benzene rings is 1. The van der Waals surface area contributed by atoms with E-state index in [1.54, 1.807) is 16.8 Å². The van der Waals surface area contributed by atoms with Gasteiger partial charge in [0, 0.05) is 6.54 Å². The first kappa shape index (κ1) is 13.6. The molecule has 3 rings (SSSR count). The van der Waals surface area contributed by atoms with Crippen LogP contribution in [0.2, 0.25) is 0 Å². The minimum absolute atomic E-state index is 0.0780. The van der Waals surface area contributed by atoms with Crippen molar-refractivity contribution in [1.82, 2.24) is 14.7 Å². The van der Waals surface area contributed by atoms with Crippen LogP contribution in [0, 0.1) is 0 Å². The Morgan fingerprint density at radius 1 is 1.38 bits per heavy atom. The van der Waals surface area contributed by atoms with Gasteiger partial charge in [-0.1, -0.05) is 18.2 Å². The maximum atomic E-state index is 11.6. The van der Waals surface area contributed by atoms with Crippen LogP contribution >= 0.6 is 0 Å². The van der Waals surface area contributed by atoms with E-state index in [-0.39, 0.29) is 17.5 Å². The molecule has 1 saturated heterocycles. The molecule has 1 aromatic heterocycles. The van der Waals surface area contributed by atoms with Crippen LogP contribution in [0.15, 0.2) is 36.5 Å². The number of rotatable bonds is 4. The lowest BCUT2D eigenvalue weighted by Crippen LogP contribution is -2.20. The summed E-state index contributed by atoms with van der Waals surface area (Å²) in [5.41, 5.74) is 0.110. The Bertz CT molecular complexity index is 639. The normalized spacial score (nSPS) is 18.8. The van der Waals surface area contributed by atoms with E-state index in [1.807, 2.05) is 25.2 Å². The molecule has 6 nitrogen and oxygen atoms in total. The first-order chi connectivity index (χ1) is 10.1. The number of hydrogen-bond acceptors (Lipinski definition) is 4. The number of carboxylic acid groups (broad SMARTS) is 1. The van der Waals surface area contributed by atoms with Gasteiger partial charge in [0.15, 0.2) is 11.4 Å². The highest BCUT2D eigenvalue weighted by atomic mass is 16.5. The summed E-state index contributed by atoms with van der Waals surface area (Å²) in [6, 6.07) is 9.20. The molecule has 1 aromatic carbocycles. The number of para-hydroxylation sites is 1. The maximum Gasteiger partial charge on any atom is 0.358 e. The standard InChI is InChI=1S/C15H17N3O3/c1-17-8-7-11(10-17)18-14(15(19)20)13(9-16-18)21-12-5-3-2-4-6-12/h2-6,9,11H,7-8,10H2,1H3,(H,19,20). The number of carbonyl (C=O) groups is 1. The van der Waals surface area contributed by atoms with Gasteiger partial charge in [0.1, 0.15) is 5.75 Å². The number of likely N-dealkylation sites (tertiary alicyclic amines) is 1. The van der Waals surface area contributed by atoms with Gasteiger partial charge >= 0.3 is 5.97 Å². The summed E-state index contributed by atoms with van der Waals surface area (Å²) in [6.07, 6.45) is 2.37. The van der Waals surface area contributed by atoms with Crippen molar-refractivity contribution in [1.29, 1.82) is 0 Å². The highest BCUT2D eigenvalue weighted by Crippen LogP contribution is 2.29. The van der Waals surface area contributed by atoms with Crippen LogP contribution in [0.5, 0.6) is 11.5 Å². The third-order valence-corrected chi connectivity index (χ3v) is 3.65. The van der Waals surface area contributed by atoms with Gasteiger partial charge in [0.2, 0.25) is 0 Å². The molecule has 0 saturated carbocycles. The fourth-order valence-electron chi connectivity index (χ4n) is 2.63. The molecule has 6 heteroatoms. The van der Waals surface area contributed by atoms with Gasteiger partial charge in [-0.2, -0.15) is 5.10 Å². The van der Waals surface area contributed by atoms with Gasteiger partial charge < -0.3 is 14.7 Å². The highest BCUT2D eigenvalue weighted by Gasteiger charge is 2.28. The Balaban J connectivity index is 1.91. The summed E-state index contributed by atoms with van der Waals surface area (Å²) in [7, 11) is 2.02. The van der Waals surface area contributed by atoms with E-state index in [0.717, 1.165) is 19.5 Å². The van der Waals surface area contributed by atoms with Gasteiger partial charge in [-0.3, -0.25) is 4.68 Å². The van der Waals surface area contributed by atoms with Crippen molar-refractivity contribution < 1.29 is 14.6 Å². The fourth-order valence-corrected chi connectivity index (χ4v) is 2.63. The molecule has 0 radical (unpaired) electrons. The van der Waals surface area contributed by atoms with Gasteiger partial charge in [-0.15, -0.1) is 0 Å². The minimum atomic E-state index is -1.02. The quantitative estimate of drug-likeness (QED) is 0.934. The molecule has 0 amide bonds. The molecule has 2 aromatic rings. The summed E-state index contributed by atoms with van der Waals surface area (Å²) < 4.78 is 7.23. The SMILES string of the molecule is CN1CCC(n2ncc(Oc3ccccc3)c2C(=O)O)C1. The predicted octanol–water partition coefficient (Wildman–Crippen LogP) is 2.25. The molecule has 0 aliphatic carbocycles. The van der Waals surface area contributed by atoms with Crippen molar-refractivity contribution in [3.63, 3.8) is 0 Å². The van der Waals surface area contributed by atoms with Crippen LogP contribution in [-0.2, 0) is 0 Å². The predicted molar refractivity (Wildman–Crippen MR) is 76.9 cm³/mol. The van der Waals surface area contributed by atoms with Crippen molar-refractivity contribution >= 4 is 5.97 Å². The molecule has 21 heavy (non-hydrogen) atoms. The fraction of sp³-hybridized carbons (Fsp3) is 0.333. The van der Waals surface area contributed by atoms with Gasteiger partial charge in [-0.25, -0.2) is 4.79 Å². The number of hydrogen-bond donors (Lipinski definition) is 1. The van der Waals surface area contributed by atoms with E-state index < -0.39 is 5.97 Å². The zero-order valence-corrected chi connectivity index (χ0v) is 11.8. The summed E-state index contributed by atoms with van der Waals surface area (Å²) in [5.74, 6) is -0.140. The van der Waals surface area contributed by atoms with Crippen molar-refractivity contribution in [3.05, 3.63) is 42.2 Å². The molecule has 1 aliphatic rings. The van der Waals surface area contributed by atoms with Crippen LogP contribution in [0.25, 0.3) is 0 Å². The second-order valence-corrected chi connectivity index (χ2v) is 5.23. The molecule has 1 unspecified atom stereocenters. The Kier molecular flexibility index (Phi) is 3.62. The first-order valence-corrected chi connectivity index (χ1v) is 6.87. The molecular formula is C15H17N3O3. The molecule has 2 heterocycles. The molecule has 110 valence electrons. The zero-order chi connectivity index (χ0) is 14.8. The molecule has 0 spiro atoms.